The molecule has 0 amide bonds. The molecule has 0 saturated heterocycles. The maximum absolute atomic E-state index is 12.8. The number of benzene rings is 1. The van der Waals surface area contributed by atoms with Gasteiger partial charge in [0.1, 0.15) is 5.25 Å². The van der Waals surface area contributed by atoms with Gasteiger partial charge in [-0.2, -0.15) is 13.2 Å². The Bertz CT molecular complexity index is 370. The predicted octanol–water partition coefficient (Wildman–Crippen LogP) is 4.10. The molecule has 0 aliphatic carbocycles. The van der Waals surface area contributed by atoms with Gasteiger partial charge in [0.2, 0.25) is 0 Å². The van der Waals surface area contributed by atoms with Crippen molar-refractivity contribution in [1.29, 1.82) is 0 Å². The van der Waals surface area contributed by atoms with E-state index in [9.17, 15) is 13.2 Å². The average Bonchev–Trinajstić information content (AvgIpc) is 2.25. The van der Waals surface area contributed by atoms with Gasteiger partial charge >= 0.3 is 6.18 Å². The van der Waals surface area contributed by atoms with Crippen LogP contribution in [-0.4, -0.2) is 17.5 Å². The van der Waals surface area contributed by atoms with Crippen LogP contribution in [0.3, 0.4) is 0 Å². The summed E-state index contributed by atoms with van der Waals surface area (Å²) in [5.74, 6) is 0. The van der Waals surface area contributed by atoms with Gasteiger partial charge in [-0.25, -0.2) is 0 Å². The monoisotopic (exact) mass is 283 g/mol. The lowest BCUT2D eigenvalue weighted by atomic mass is 10.1. The second-order valence-electron chi connectivity index (χ2n) is 3.58. The minimum Gasteiger partial charge on any atom is -0.326 e. The summed E-state index contributed by atoms with van der Waals surface area (Å²) in [5, 5.41) is -1.32. The standard InChI is InChI=1S/C11H13ClF3NS/c1-2-8(16)10(11(13,14)15)17-9-6-4-3-5-7(9)12/h3-6,8,10H,2,16H2,1H3. The maximum atomic E-state index is 12.8. The molecule has 0 radical (unpaired) electrons. The lowest BCUT2D eigenvalue weighted by molar-refractivity contribution is -0.132. The Hall–Kier alpha value is -0.390. The van der Waals surface area contributed by atoms with Crippen LogP contribution in [0.4, 0.5) is 13.2 Å². The molecule has 2 atom stereocenters. The fraction of sp³-hybridized carbons (Fsp3) is 0.455. The first-order chi connectivity index (χ1) is 7.86. The summed E-state index contributed by atoms with van der Waals surface area (Å²) in [6.45, 7) is 1.64. The lowest BCUT2D eigenvalue weighted by Gasteiger charge is -2.25. The molecule has 96 valence electrons. The lowest BCUT2D eigenvalue weighted by Crippen LogP contribution is -2.42. The summed E-state index contributed by atoms with van der Waals surface area (Å²) in [7, 11) is 0. The Morgan fingerprint density at radius 2 is 1.94 bits per heavy atom. The number of rotatable bonds is 4. The molecular formula is C11H13ClF3NS. The van der Waals surface area contributed by atoms with E-state index >= 15 is 0 Å². The van der Waals surface area contributed by atoms with Gasteiger partial charge in [0.15, 0.2) is 0 Å². The second-order valence-corrected chi connectivity index (χ2v) is 5.17. The van der Waals surface area contributed by atoms with E-state index in [2.05, 4.69) is 0 Å². The first-order valence-electron chi connectivity index (χ1n) is 5.09. The highest BCUT2D eigenvalue weighted by atomic mass is 35.5. The molecular weight excluding hydrogens is 271 g/mol. The van der Waals surface area contributed by atoms with Crippen LogP contribution in [0.1, 0.15) is 13.3 Å². The van der Waals surface area contributed by atoms with Crippen molar-refractivity contribution in [3.8, 4) is 0 Å². The Morgan fingerprint density at radius 1 is 1.35 bits per heavy atom. The number of hydrogen-bond acceptors (Lipinski definition) is 2. The van der Waals surface area contributed by atoms with Crippen molar-refractivity contribution in [2.45, 2.75) is 35.7 Å². The van der Waals surface area contributed by atoms with Gasteiger partial charge < -0.3 is 5.73 Å². The van der Waals surface area contributed by atoms with Gasteiger partial charge in [-0.1, -0.05) is 30.7 Å². The Kier molecular flexibility index (Phi) is 5.16. The molecule has 1 nitrogen and oxygen atoms in total. The Balaban J connectivity index is 2.91. The molecule has 17 heavy (non-hydrogen) atoms. The molecule has 2 N–H and O–H groups in total. The highest BCUT2D eigenvalue weighted by Crippen LogP contribution is 2.39. The van der Waals surface area contributed by atoms with Crippen LogP contribution in [0.25, 0.3) is 0 Å². The van der Waals surface area contributed by atoms with Gasteiger partial charge in [0.05, 0.1) is 5.02 Å². The van der Waals surface area contributed by atoms with Gasteiger partial charge in [0, 0.05) is 10.9 Å². The summed E-state index contributed by atoms with van der Waals surface area (Å²) in [6.07, 6.45) is -4.07. The molecule has 1 aromatic rings. The van der Waals surface area contributed by atoms with E-state index in [1.807, 2.05) is 0 Å². The zero-order chi connectivity index (χ0) is 13.1. The summed E-state index contributed by atoms with van der Waals surface area (Å²) >= 11 is 6.51. The summed E-state index contributed by atoms with van der Waals surface area (Å²) in [6, 6.07) is 5.52. The number of hydrogen-bond donors (Lipinski definition) is 1. The maximum Gasteiger partial charge on any atom is 0.402 e. The van der Waals surface area contributed by atoms with Crippen molar-refractivity contribution in [2.75, 3.05) is 0 Å². The van der Waals surface area contributed by atoms with Crippen LogP contribution < -0.4 is 5.73 Å². The number of halogens is 4. The molecule has 0 spiro atoms. The van der Waals surface area contributed by atoms with Gasteiger partial charge in [-0.15, -0.1) is 11.8 Å². The van der Waals surface area contributed by atoms with E-state index in [0.29, 0.717) is 21.7 Å². The van der Waals surface area contributed by atoms with Crippen LogP contribution >= 0.6 is 23.4 Å². The molecule has 0 bridgehead atoms. The highest BCUT2D eigenvalue weighted by molar-refractivity contribution is 8.00. The largest absolute Gasteiger partial charge is 0.402 e. The third-order valence-corrected chi connectivity index (χ3v) is 4.20. The van der Waals surface area contributed by atoms with Crippen molar-refractivity contribution in [3.05, 3.63) is 29.3 Å². The number of thioether (sulfide) groups is 1. The second kappa shape index (κ2) is 5.98. The van der Waals surface area contributed by atoms with Gasteiger partial charge in [0.25, 0.3) is 0 Å². The summed E-state index contributed by atoms with van der Waals surface area (Å²) < 4.78 is 38.5. The quantitative estimate of drug-likeness (QED) is 0.842. The topological polar surface area (TPSA) is 26.0 Å². The van der Waals surface area contributed by atoms with Crippen molar-refractivity contribution in [1.82, 2.24) is 0 Å². The third-order valence-electron chi connectivity index (χ3n) is 2.27. The van der Waals surface area contributed by atoms with Crippen molar-refractivity contribution < 1.29 is 13.2 Å². The molecule has 1 rings (SSSR count). The zero-order valence-electron chi connectivity index (χ0n) is 9.17. The first kappa shape index (κ1) is 14.7. The van der Waals surface area contributed by atoms with Crippen molar-refractivity contribution in [3.63, 3.8) is 0 Å². The smallest absolute Gasteiger partial charge is 0.326 e. The van der Waals surface area contributed by atoms with E-state index in [4.69, 9.17) is 17.3 Å². The fourth-order valence-corrected chi connectivity index (χ4v) is 2.67. The highest BCUT2D eigenvalue weighted by Gasteiger charge is 2.43. The Morgan fingerprint density at radius 3 is 2.41 bits per heavy atom. The molecule has 6 heteroatoms. The number of nitrogens with two attached hydrogens (primary N) is 1. The van der Waals surface area contributed by atoms with Gasteiger partial charge in [-0.3, -0.25) is 0 Å². The Labute approximate surface area is 108 Å². The fourth-order valence-electron chi connectivity index (χ4n) is 1.29. The van der Waals surface area contributed by atoms with Crippen LogP contribution in [0.15, 0.2) is 29.2 Å². The molecule has 0 fully saturated rings. The van der Waals surface area contributed by atoms with Crippen LogP contribution in [0.5, 0.6) is 0 Å². The normalized spacial score (nSPS) is 15.6. The van der Waals surface area contributed by atoms with E-state index < -0.39 is 17.5 Å². The van der Waals surface area contributed by atoms with E-state index in [1.54, 1.807) is 31.2 Å². The van der Waals surface area contributed by atoms with E-state index in [-0.39, 0.29) is 6.42 Å². The molecule has 0 heterocycles. The summed E-state index contributed by atoms with van der Waals surface area (Å²) in [5.41, 5.74) is 5.52. The van der Waals surface area contributed by atoms with Crippen molar-refractivity contribution >= 4 is 23.4 Å². The predicted molar refractivity (Wildman–Crippen MR) is 65.4 cm³/mol. The molecule has 0 aliphatic rings. The zero-order valence-corrected chi connectivity index (χ0v) is 10.7. The van der Waals surface area contributed by atoms with Gasteiger partial charge in [-0.05, 0) is 18.6 Å². The average molecular weight is 284 g/mol. The van der Waals surface area contributed by atoms with Crippen LogP contribution in [0.2, 0.25) is 5.02 Å². The summed E-state index contributed by atoms with van der Waals surface area (Å²) in [4.78, 5) is 0.403. The van der Waals surface area contributed by atoms with E-state index in [0.717, 1.165) is 0 Å². The SMILES string of the molecule is CCC(N)C(Sc1ccccc1Cl)C(F)(F)F. The first-order valence-corrected chi connectivity index (χ1v) is 6.35. The molecule has 1 aromatic carbocycles. The molecule has 2 unspecified atom stereocenters. The molecule has 0 aromatic heterocycles. The van der Waals surface area contributed by atoms with Crippen molar-refractivity contribution in [2.24, 2.45) is 5.73 Å². The minimum atomic E-state index is -4.33. The molecule has 0 saturated carbocycles. The van der Waals surface area contributed by atoms with Crippen LogP contribution in [-0.2, 0) is 0 Å². The third kappa shape index (κ3) is 4.08. The minimum absolute atomic E-state index is 0.266. The van der Waals surface area contributed by atoms with Crippen LogP contribution in [0, 0.1) is 0 Å². The van der Waals surface area contributed by atoms with E-state index in [1.165, 1.54) is 0 Å². The number of alkyl halides is 3. The molecule has 0 aliphatic heterocycles.